The molecule has 48 valence electrons. The number of carboxylic acid groups (broad SMARTS) is 2. The molecule has 0 rings (SSSR count). The summed E-state index contributed by atoms with van der Waals surface area (Å²) in [5.74, 6) is 0. The Hall–Kier alpha value is 1.84. The minimum Gasteiger partial charge on any atom is -1.00 e. The summed E-state index contributed by atoms with van der Waals surface area (Å²) < 4.78 is 0. The van der Waals surface area contributed by atoms with Crippen molar-refractivity contribution in [2.75, 3.05) is 0 Å². The van der Waals surface area contributed by atoms with Gasteiger partial charge in [0.05, 0.1) is 0 Å². The van der Waals surface area contributed by atoms with Gasteiger partial charge >= 0.3 is 52.3 Å². The largest absolute Gasteiger partial charge is 2.00 e. The van der Waals surface area contributed by atoms with Gasteiger partial charge in [-0.1, -0.05) is 0 Å². The fourth-order valence-electron chi connectivity index (χ4n) is 0. The summed E-state index contributed by atoms with van der Waals surface area (Å²) >= 11 is 0. The van der Waals surface area contributed by atoms with Gasteiger partial charge in [0.2, 0.25) is 0 Å². The van der Waals surface area contributed by atoms with Crippen molar-refractivity contribution in [1.29, 1.82) is 0 Å². The molecule has 0 aliphatic carbocycles. The molecule has 0 saturated heterocycles. The van der Waals surface area contributed by atoms with Crippen LogP contribution in [0.5, 0.6) is 0 Å². The van der Waals surface area contributed by atoms with Crippen molar-refractivity contribution in [2.24, 2.45) is 0 Å². The van der Waals surface area contributed by atoms with Gasteiger partial charge in [0.15, 0.2) is 0 Å². The van der Waals surface area contributed by atoms with E-state index in [1.807, 2.05) is 0 Å². The first-order chi connectivity index (χ1) is 1.73. The number of carbonyl (C=O) groups is 1. The molecule has 0 radical (unpaired) electrons. The van der Waals surface area contributed by atoms with Crippen molar-refractivity contribution in [3.63, 3.8) is 0 Å². The Morgan fingerprint density at radius 1 is 1.12 bits per heavy atom. The standard InChI is InChI=1S/CH2O3.2Fe.2Mg.4H/c2-1(3)4;;;;;;;;/h(H2,2,3,4);;;;;;;;/q;;;2*+2;4*-1. The molecule has 8 heavy (non-hydrogen) atoms. The van der Waals surface area contributed by atoms with E-state index >= 15 is 0 Å². The molecule has 0 aliphatic heterocycles. The Balaban J connectivity index is -0.00000000161. The van der Waals surface area contributed by atoms with Crippen LogP contribution in [0.3, 0.4) is 0 Å². The second-order valence-electron chi connectivity index (χ2n) is 0.283. The summed E-state index contributed by atoms with van der Waals surface area (Å²) in [7, 11) is 0. The van der Waals surface area contributed by atoms with E-state index in [9.17, 15) is 0 Å². The normalized spacial score (nSPS) is 3.00. The molecule has 0 heterocycles. The first-order valence-electron chi connectivity index (χ1n) is 0.651. The van der Waals surface area contributed by atoms with Crippen LogP contribution >= 0.6 is 0 Å². The molecule has 2 N–H and O–H groups in total. The fourth-order valence-corrected chi connectivity index (χ4v) is 0. The number of rotatable bonds is 0. The van der Waals surface area contributed by atoms with Crippen LogP contribution in [0.1, 0.15) is 5.71 Å². The second-order valence-corrected chi connectivity index (χ2v) is 0.283. The van der Waals surface area contributed by atoms with Gasteiger partial charge in [0, 0.05) is 34.1 Å². The van der Waals surface area contributed by atoms with Crippen molar-refractivity contribution >= 4 is 52.3 Å². The van der Waals surface area contributed by atoms with Crippen LogP contribution in [0, 0.1) is 0 Å². The second kappa shape index (κ2) is 23.2. The zero-order valence-corrected chi connectivity index (χ0v) is 8.96. The molecule has 0 atom stereocenters. The van der Waals surface area contributed by atoms with Crippen LogP contribution in [0.15, 0.2) is 0 Å². The van der Waals surface area contributed by atoms with Gasteiger partial charge in [0.25, 0.3) is 0 Å². The third-order valence-electron chi connectivity index (χ3n) is 0. The molecule has 0 aliphatic rings. The summed E-state index contributed by atoms with van der Waals surface area (Å²) in [6, 6.07) is 0. The van der Waals surface area contributed by atoms with E-state index in [0.29, 0.717) is 0 Å². The molecule has 0 spiro atoms. The van der Waals surface area contributed by atoms with Gasteiger partial charge in [-0.15, -0.1) is 0 Å². The van der Waals surface area contributed by atoms with Gasteiger partial charge in [-0.2, -0.15) is 0 Å². The average Bonchev–Trinajstić information content (AvgIpc) is 0.811. The summed E-state index contributed by atoms with van der Waals surface area (Å²) in [5.41, 5.74) is 0. The van der Waals surface area contributed by atoms with E-state index in [-0.39, 0.29) is 85.9 Å². The maximum absolute atomic E-state index is 8.56. The topological polar surface area (TPSA) is 57.5 Å². The maximum atomic E-state index is 8.56. The quantitative estimate of drug-likeness (QED) is 0.567. The molecule has 3 nitrogen and oxygen atoms in total. The molecule has 0 bridgehead atoms. The molecular weight excluding hydrogens is 220 g/mol. The van der Waals surface area contributed by atoms with Crippen LogP contribution < -0.4 is 0 Å². The fraction of sp³-hybridized carbons (Fsp3) is 0. The van der Waals surface area contributed by atoms with Crippen molar-refractivity contribution in [3.8, 4) is 0 Å². The Labute approximate surface area is 106 Å². The monoisotopic (exact) mass is 226 g/mol. The average molecular weight is 226 g/mol. The molecule has 0 saturated carbocycles. The Morgan fingerprint density at radius 3 is 1.12 bits per heavy atom. The van der Waals surface area contributed by atoms with Crippen LogP contribution in [-0.2, 0) is 34.1 Å². The first kappa shape index (κ1) is 32.8. The van der Waals surface area contributed by atoms with Gasteiger partial charge in [-0.3, -0.25) is 0 Å². The van der Waals surface area contributed by atoms with E-state index in [1.54, 1.807) is 0 Å². The third-order valence-corrected chi connectivity index (χ3v) is 0. The zero-order chi connectivity index (χ0) is 3.58. The summed E-state index contributed by atoms with van der Waals surface area (Å²) in [5, 5.41) is 13.9. The van der Waals surface area contributed by atoms with E-state index in [2.05, 4.69) is 0 Å². The van der Waals surface area contributed by atoms with Crippen LogP contribution in [0.2, 0.25) is 0 Å². The molecule has 0 unspecified atom stereocenters. The Bertz CT molecular complexity index is 49.3. The number of hydrogen-bond acceptors (Lipinski definition) is 1. The molecular formula is CH6Fe2Mg2O3. The minimum atomic E-state index is -1.83. The zero-order valence-electron chi connectivity index (χ0n) is 7.92. The number of hydrogen-bond donors (Lipinski definition) is 2. The smallest absolute Gasteiger partial charge is 1.00 e. The van der Waals surface area contributed by atoms with Crippen molar-refractivity contribution in [2.45, 2.75) is 0 Å². The Kier molecular flexibility index (Phi) is 95.2. The van der Waals surface area contributed by atoms with E-state index in [1.165, 1.54) is 0 Å². The summed E-state index contributed by atoms with van der Waals surface area (Å²) in [6.07, 6.45) is -1.83. The van der Waals surface area contributed by atoms with E-state index in [4.69, 9.17) is 15.0 Å². The van der Waals surface area contributed by atoms with Gasteiger partial charge in [0.1, 0.15) is 0 Å². The molecule has 0 aromatic heterocycles. The molecule has 0 aromatic carbocycles. The molecule has 7 heteroatoms. The predicted octanol–water partition coefficient (Wildman–Crippen LogP) is -0.0942. The van der Waals surface area contributed by atoms with Crippen LogP contribution in [0.4, 0.5) is 4.79 Å². The Morgan fingerprint density at radius 2 is 1.12 bits per heavy atom. The van der Waals surface area contributed by atoms with Gasteiger partial charge in [-0.05, 0) is 0 Å². The van der Waals surface area contributed by atoms with Crippen LogP contribution in [-0.4, -0.2) is 62.5 Å². The van der Waals surface area contributed by atoms with Crippen molar-refractivity contribution in [3.05, 3.63) is 0 Å². The van der Waals surface area contributed by atoms with E-state index in [0.717, 1.165) is 0 Å². The van der Waals surface area contributed by atoms with Gasteiger partial charge < -0.3 is 15.9 Å². The molecule has 0 aromatic rings. The molecule has 0 amide bonds. The third kappa shape index (κ3) is 108. The SMILES string of the molecule is O=C(O)O.[Fe].[Fe].[H-].[H-].[H-].[H-].[Mg+2].[Mg+2]. The summed E-state index contributed by atoms with van der Waals surface area (Å²) in [4.78, 5) is 8.56. The first-order valence-corrected chi connectivity index (χ1v) is 0.651. The molecule has 0 fully saturated rings. The van der Waals surface area contributed by atoms with Crippen molar-refractivity contribution in [1.82, 2.24) is 0 Å². The summed E-state index contributed by atoms with van der Waals surface area (Å²) in [6.45, 7) is 0. The van der Waals surface area contributed by atoms with E-state index < -0.39 is 6.16 Å². The van der Waals surface area contributed by atoms with Crippen molar-refractivity contribution < 1.29 is 54.9 Å². The minimum absolute atomic E-state index is 0. The van der Waals surface area contributed by atoms with Crippen LogP contribution in [0.25, 0.3) is 0 Å². The predicted molar refractivity (Wildman–Crippen MR) is 26.6 cm³/mol. The van der Waals surface area contributed by atoms with Gasteiger partial charge in [-0.25, -0.2) is 4.79 Å². The maximum Gasteiger partial charge on any atom is 2.00 e.